The lowest BCUT2D eigenvalue weighted by Gasteiger charge is -2.32. The molecule has 2 aliphatic heterocycles. The van der Waals surface area contributed by atoms with Gasteiger partial charge in [-0.2, -0.15) is 0 Å². The molecule has 0 radical (unpaired) electrons. The van der Waals surface area contributed by atoms with E-state index in [0.717, 1.165) is 27.6 Å². The third-order valence-corrected chi connectivity index (χ3v) is 18.1. The number of rotatable bonds is 2. The van der Waals surface area contributed by atoms with Crippen LogP contribution in [0, 0.1) is 0 Å². The Labute approximate surface area is 196 Å². The predicted molar refractivity (Wildman–Crippen MR) is 141 cm³/mol. The Bertz CT molecular complexity index is 1380. The molecule has 0 saturated carbocycles. The highest BCUT2D eigenvalue weighted by Crippen LogP contribution is 2.78. The Morgan fingerprint density at radius 2 is 1.50 bits per heavy atom. The summed E-state index contributed by atoms with van der Waals surface area (Å²) < 4.78 is 27.1. The number of para-hydroxylation sites is 1. The van der Waals surface area contributed by atoms with Crippen LogP contribution in [0.1, 0.15) is 5.56 Å². The number of hydrogen-bond donors (Lipinski definition) is 0. The topological polar surface area (TPSA) is 35.5 Å². The summed E-state index contributed by atoms with van der Waals surface area (Å²) in [6, 6.07) is 23.2. The molecule has 0 amide bonds. The summed E-state index contributed by atoms with van der Waals surface area (Å²) in [7, 11) is 0. The molecule has 0 aliphatic carbocycles. The maximum absolute atomic E-state index is 14.5. The molecule has 0 fully saturated rings. The molecule has 2 unspecified atom stereocenters. The van der Waals surface area contributed by atoms with Gasteiger partial charge in [-0.1, -0.05) is 91.5 Å². The quantitative estimate of drug-likeness (QED) is 0.356. The van der Waals surface area contributed by atoms with E-state index in [9.17, 15) is 4.57 Å². The minimum atomic E-state index is -3.44. The van der Waals surface area contributed by atoms with Crippen molar-refractivity contribution in [2.24, 2.45) is 0 Å². The van der Waals surface area contributed by atoms with Gasteiger partial charge in [0, 0.05) is 27.4 Å². The monoisotopic (exact) mass is 494 g/mol. The Kier molecular flexibility index (Phi) is 5.88. The van der Waals surface area contributed by atoms with Crippen molar-refractivity contribution in [1.29, 1.82) is 0 Å². The third-order valence-electron chi connectivity index (χ3n) is 5.24. The second kappa shape index (κ2) is 8.67. The second-order valence-electron chi connectivity index (χ2n) is 7.31. The van der Waals surface area contributed by atoms with E-state index >= 15 is 0 Å². The van der Waals surface area contributed by atoms with Crippen LogP contribution in [-0.4, -0.2) is 6.61 Å². The van der Waals surface area contributed by atoms with Gasteiger partial charge < -0.3 is 9.05 Å². The van der Waals surface area contributed by atoms with Crippen molar-refractivity contribution in [2.45, 2.75) is 0 Å². The molecule has 5 rings (SSSR count). The Morgan fingerprint density at radius 3 is 2.31 bits per heavy atom. The fraction of sp³-hybridized carbons (Fsp3) is 0.0400. The van der Waals surface area contributed by atoms with E-state index in [4.69, 9.17) is 20.9 Å². The maximum Gasteiger partial charge on any atom is 0.340 e. The van der Waals surface area contributed by atoms with Gasteiger partial charge in [-0.3, -0.25) is 4.57 Å². The van der Waals surface area contributed by atoms with Crippen LogP contribution >= 0.6 is 23.0 Å². The SMILES string of the molecule is C=C1C=CC=CCOP(=S)(SP2(=O)Oc3ccccc3-c3ccccc32)c2ccccc21. The van der Waals surface area contributed by atoms with Crippen LogP contribution in [0.25, 0.3) is 16.7 Å². The summed E-state index contributed by atoms with van der Waals surface area (Å²) in [4.78, 5) is 0. The first-order valence-electron chi connectivity index (χ1n) is 10.1. The summed E-state index contributed by atoms with van der Waals surface area (Å²) in [5, 5.41) is 1.51. The number of hydrogen-bond acceptors (Lipinski definition) is 5. The zero-order valence-corrected chi connectivity index (χ0v) is 20.5. The largest absolute Gasteiger partial charge is 0.432 e. The van der Waals surface area contributed by atoms with Gasteiger partial charge in [0.15, 0.2) is 5.47 Å². The van der Waals surface area contributed by atoms with E-state index in [-0.39, 0.29) is 0 Å². The van der Waals surface area contributed by atoms with Crippen LogP contribution in [-0.2, 0) is 20.9 Å². The zero-order chi connectivity index (χ0) is 22.2. The van der Waals surface area contributed by atoms with Crippen molar-refractivity contribution in [1.82, 2.24) is 0 Å². The lowest BCUT2D eigenvalue weighted by atomic mass is 10.0. The Hall–Kier alpha value is -2.13. The summed E-state index contributed by atoms with van der Waals surface area (Å²) in [6.45, 7) is 1.10. The first-order valence-corrected chi connectivity index (χ1v) is 16.4. The molecule has 3 nitrogen and oxygen atoms in total. The molecule has 3 aromatic carbocycles. The van der Waals surface area contributed by atoms with Crippen molar-refractivity contribution >= 4 is 51.0 Å². The van der Waals surface area contributed by atoms with E-state index in [1.165, 1.54) is 11.0 Å². The molecule has 160 valence electrons. The average Bonchev–Trinajstić information content (AvgIpc) is 2.81. The number of allylic oxidation sites excluding steroid dienone is 4. The van der Waals surface area contributed by atoms with Gasteiger partial charge in [0.1, 0.15) is 5.75 Å². The molecule has 7 heteroatoms. The highest BCUT2D eigenvalue weighted by atomic mass is 33.2. The van der Waals surface area contributed by atoms with Crippen molar-refractivity contribution in [3.63, 3.8) is 0 Å². The van der Waals surface area contributed by atoms with E-state index in [2.05, 4.69) is 6.58 Å². The highest BCUT2D eigenvalue weighted by Gasteiger charge is 2.43. The molecule has 2 aliphatic rings. The normalized spacial score (nSPS) is 24.1. The van der Waals surface area contributed by atoms with E-state index in [1.54, 1.807) is 0 Å². The highest BCUT2D eigenvalue weighted by molar-refractivity contribution is 8.95. The average molecular weight is 495 g/mol. The fourth-order valence-electron chi connectivity index (χ4n) is 3.75. The maximum atomic E-state index is 14.5. The standard InChI is InChI=1S/C25H20O3P2S2/c1-19-11-3-2-10-18-27-30(31,25-17-9-5-12-20(19)25)32-29(26)24-16-8-6-14-22(24)21-13-4-7-15-23(21)28-29/h2-17H,1,18H2. The molecule has 3 aromatic rings. The minimum Gasteiger partial charge on any atom is -0.432 e. The number of benzene rings is 3. The van der Waals surface area contributed by atoms with Crippen LogP contribution in [0.2, 0.25) is 0 Å². The van der Waals surface area contributed by atoms with Gasteiger partial charge in [0.2, 0.25) is 0 Å². The first kappa shape index (κ1) is 21.7. The summed E-state index contributed by atoms with van der Waals surface area (Å²) in [6.07, 6.45) is 7.70. The lowest BCUT2D eigenvalue weighted by Crippen LogP contribution is -2.17. The van der Waals surface area contributed by atoms with E-state index in [0.29, 0.717) is 17.7 Å². The summed E-state index contributed by atoms with van der Waals surface area (Å²) in [5.74, 6) is 0.602. The molecule has 0 bridgehead atoms. The van der Waals surface area contributed by atoms with Crippen LogP contribution in [0.4, 0.5) is 0 Å². The molecular formula is C25H20O3P2S2. The summed E-state index contributed by atoms with van der Waals surface area (Å²) >= 11 is 7.37. The van der Waals surface area contributed by atoms with E-state index < -0.39 is 12.0 Å². The van der Waals surface area contributed by atoms with Crippen LogP contribution in [0.5, 0.6) is 5.75 Å². The van der Waals surface area contributed by atoms with Crippen molar-refractivity contribution in [3.05, 3.63) is 109 Å². The molecule has 2 heterocycles. The lowest BCUT2D eigenvalue weighted by molar-refractivity contribution is 0.416. The third kappa shape index (κ3) is 3.90. The predicted octanol–water partition coefficient (Wildman–Crippen LogP) is 7.09. The molecule has 0 saturated heterocycles. The van der Waals surface area contributed by atoms with Gasteiger partial charge in [0.25, 0.3) is 0 Å². The fourth-order valence-corrected chi connectivity index (χ4v) is 17.6. The van der Waals surface area contributed by atoms with Crippen molar-refractivity contribution < 1.29 is 13.6 Å². The van der Waals surface area contributed by atoms with Crippen LogP contribution in [0.3, 0.4) is 0 Å². The number of fused-ring (bicyclic) bond motifs is 4. The minimum absolute atomic E-state index is 0.327. The van der Waals surface area contributed by atoms with E-state index in [1.807, 2.05) is 97.1 Å². The Morgan fingerprint density at radius 1 is 0.844 bits per heavy atom. The smallest absolute Gasteiger partial charge is 0.340 e. The van der Waals surface area contributed by atoms with Gasteiger partial charge in [0.05, 0.1) is 11.9 Å². The van der Waals surface area contributed by atoms with Gasteiger partial charge in [-0.25, -0.2) is 0 Å². The van der Waals surface area contributed by atoms with Gasteiger partial charge in [-0.05, 0) is 35.1 Å². The first-order chi connectivity index (χ1) is 15.5. The van der Waals surface area contributed by atoms with Gasteiger partial charge >= 0.3 is 6.57 Å². The summed E-state index contributed by atoms with van der Waals surface area (Å²) in [5.41, 5.74) is 0.739. The zero-order valence-electron chi connectivity index (χ0n) is 17.1. The Balaban J connectivity index is 1.66. The molecule has 0 aromatic heterocycles. The van der Waals surface area contributed by atoms with Crippen LogP contribution in [0.15, 0.2) is 104 Å². The molecular weight excluding hydrogens is 474 g/mol. The van der Waals surface area contributed by atoms with Crippen molar-refractivity contribution in [2.75, 3.05) is 6.61 Å². The van der Waals surface area contributed by atoms with Crippen molar-refractivity contribution in [3.8, 4) is 16.9 Å². The molecule has 0 N–H and O–H groups in total. The molecule has 2 atom stereocenters. The van der Waals surface area contributed by atoms with Crippen LogP contribution < -0.4 is 15.1 Å². The second-order valence-corrected chi connectivity index (χ2v) is 18.0. The molecule has 32 heavy (non-hydrogen) atoms. The van der Waals surface area contributed by atoms with Gasteiger partial charge in [-0.15, -0.1) is 0 Å². The molecule has 0 spiro atoms.